The molecule has 0 fully saturated rings. The summed E-state index contributed by atoms with van der Waals surface area (Å²) in [5.74, 6) is 0. The third kappa shape index (κ3) is 8.92. The largest absolute Gasteiger partial charge is 0.381 e. The molecule has 0 aliphatic rings. The van der Waals surface area contributed by atoms with E-state index >= 15 is 0 Å². The second kappa shape index (κ2) is 12.0. The number of ether oxygens (including phenoxy) is 1. The molecule has 0 radical (unpaired) electrons. The Kier molecular flexibility index (Phi) is 11.9. The van der Waals surface area contributed by atoms with E-state index in [0.717, 1.165) is 37.2 Å². The molecule has 0 atom stereocenters. The molecule has 0 aromatic heterocycles. The predicted octanol–water partition coefficient (Wildman–Crippen LogP) is 4.17. The molecule has 1 aromatic carbocycles. The van der Waals surface area contributed by atoms with E-state index in [1.165, 1.54) is 18.4 Å². The highest BCUT2D eigenvalue weighted by molar-refractivity contribution is 9.10. The van der Waals surface area contributed by atoms with Crippen LogP contribution >= 0.6 is 28.3 Å². The molecule has 0 unspecified atom stereocenters. The lowest BCUT2D eigenvalue weighted by Gasteiger charge is -2.06. The van der Waals surface area contributed by atoms with E-state index in [0.29, 0.717) is 0 Å². The zero-order valence-electron chi connectivity index (χ0n) is 11.0. The number of unbranched alkanes of at least 4 members (excludes halogenated alkanes) is 1. The Bertz CT molecular complexity index is 292. The van der Waals surface area contributed by atoms with Gasteiger partial charge in [-0.25, -0.2) is 0 Å². The van der Waals surface area contributed by atoms with Gasteiger partial charge >= 0.3 is 0 Å². The fraction of sp³-hybridized carbons (Fsp3) is 0.571. The summed E-state index contributed by atoms with van der Waals surface area (Å²) in [7, 11) is 0. The van der Waals surface area contributed by atoms with Gasteiger partial charge in [-0.1, -0.05) is 41.4 Å². The second-order valence-electron chi connectivity index (χ2n) is 4.12. The molecule has 0 aliphatic carbocycles. The first-order valence-corrected chi connectivity index (χ1v) is 7.15. The maximum absolute atomic E-state index is 5.50. The summed E-state index contributed by atoms with van der Waals surface area (Å²) >= 11 is 3.43. The maximum atomic E-state index is 5.50. The molecule has 0 spiro atoms. The van der Waals surface area contributed by atoms with Gasteiger partial charge < -0.3 is 10.1 Å². The van der Waals surface area contributed by atoms with E-state index in [1.54, 1.807) is 0 Å². The van der Waals surface area contributed by atoms with E-state index in [-0.39, 0.29) is 12.4 Å². The van der Waals surface area contributed by atoms with Gasteiger partial charge in [-0.05, 0) is 37.1 Å². The lowest BCUT2D eigenvalue weighted by molar-refractivity contribution is 0.129. The van der Waals surface area contributed by atoms with Gasteiger partial charge in [0.2, 0.25) is 0 Å². The van der Waals surface area contributed by atoms with Crippen molar-refractivity contribution in [1.29, 1.82) is 0 Å². The Hall–Kier alpha value is -0.0900. The quantitative estimate of drug-likeness (QED) is 0.683. The van der Waals surface area contributed by atoms with Crippen LogP contribution in [0.2, 0.25) is 0 Å². The molecule has 0 amide bonds. The van der Waals surface area contributed by atoms with Crippen molar-refractivity contribution >= 4 is 28.3 Å². The van der Waals surface area contributed by atoms with Crippen molar-refractivity contribution in [2.45, 2.75) is 32.7 Å². The Morgan fingerprint density at radius 2 is 1.78 bits per heavy atom. The number of rotatable bonds is 9. The van der Waals surface area contributed by atoms with Crippen molar-refractivity contribution in [2.75, 3.05) is 19.8 Å². The van der Waals surface area contributed by atoms with Crippen LogP contribution in [0.25, 0.3) is 0 Å². The van der Waals surface area contributed by atoms with Gasteiger partial charge in [0.1, 0.15) is 0 Å². The molecule has 2 nitrogen and oxygen atoms in total. The summed E-state index contributed by atoms with van der Waals surface area (Å²) in [4.78, 5) is 0. The van der Waals surface area contributed by atoms with Crippen LogP contribution in [0.3, 0.4) is 0 Å². The van der Waals surface area contributed by atoms with E-state index in [1.807, 2.05) is 0 Å². The van der Waals surface area contributed by atoms with Crippen molar-refractivity contribution in [3.05, 3.63) is 34.3 Å². The Labute approximate surface area is 125 Å². The second-order valence-corrected chi connectivity index (χ2v) is 5.04. The van der Waals surface area contributed by atoms with Crippen LogP contribution < -0.4 is 5.32 Å². The first kappa shape index (κ1) is 17.9. The number of halogens is 2. The van der Waals surface area contributed by atoms with Crippen molar-refractivity contribution in [3.8, 4) is 0 Å². The zero-order chi connectivity index (χ0) is 12.3. The van der Waals surface area contributed by atoms with Crippen molar-refractivity contribution < 1.29 is 4.74 Å². The normalized spacial score (nSPS) is 10.1. The summed E-state index contributed by atoms with van der Waals surface area (Å²) in [6.07, 6.45) is 3.47. The van der Waals surface area contributed by atoms with Gasteiger partial charge in [-0.2, -0.15) is 0 Å². The lowest BCUT2D eigenvalue weighted by Crippen LogP contribution is -2.16. The van der Waals surface area contributed by atoms with E-state index in [9.17, 15) is 0 Å². The Morgan fingerprint density at radius 1 is 1.11 bits per heavy atom. The number of nitrogens with one attached hydrogen (secondary N) is 1. The van der Waals surface area contributed by atoms with Crippen LogP contribution in [0.4, 0.5) is 0 Å². The molecule has 0 bridgehead atoms. The monoisotopic (exact) mass is 335 g/mol. The van der Waals surface area contributed by atoms with Crippen molar-refractivity contribution in [3.63, 3.8) is 0 Å². The molecular weight excluding hydrogens is 314 g/mol. The SMILES string of the molecule is CCCCOCCCNCc1ccc(Br)cc1.Cl. The van der Waals surface area contributed by atoms with E-state index in [4.69, 9.17) is 4.74 Å². The minimum absolute atomic E-state index is 0. The first-order valence-electron chi connectivity index (χ1n) is 6.36. The van der Waals surface area contributed by atoms with Crippen LogP contribution in [0.1, 0.15) is 31.7 Å². The molecular formula is C14H23BrClNO. The average molecular weight is 337 g/mol. The Balaban J connectivity index is 0.00000289. The fourth-order valence-corrected chi connectivity index (χ4v) is 1.75. The minimum Gasteiger partial charge on any atom is -0.381 e. The Morgan fingerprint density at radius 3 is 2.44 bits per heavy atom. The summed E-state index contributed by atoms with van der Waals surface area (Å²) in [5.41, 5.74) is 1.32. The van der Waals surface area contributed by atoms with Crippen LogP contribution in [-0.4, -0.2) is 19.8 Å². The summed E-state index contributed by atoms with van der Waals surface area (Å²) in [6.45, 7) is 5.91. The van der Waals surface area contributed by atoms with E-state index in [2.05, 4.69) is 52.4 Å². The minimum atomic E-state index is 0. The molecule has 104 valence electrons. The van der Waals surface area contributed by atoms with E-state index < -0.39 is 0 Å². The standard InChI is InChI=1S/C14H22BrNO.ClH/c1-2-3-10-17-11-4-9-16-12-13-5-7-14(15)8-6-13;/h5-8,16H,2-4,9-12H2,1H3;1H. The molecule has 4 heteroatoms. The lowest BCUT2D eigenvalue weighted by atomic mass is 10.2. The summed E-state index contributed by atoms with van der Waals surface area (Å²) in [5, 5.41) is 3.42. The fourth-order valence-electron chi connectivity index (χ4n) is 1.48. The molecule has 18 heavy (non-hydrogen) atoms. The first-order chi connectivity index (χ1) is 8.33. The smallest absolute Gasteiger partial charge is 0.0478 e. The molecule has 0 saturated heterocycles. The van der Waals surface area contributed by atoms with Gasteiger partial charge in [0.25, 0.3) is 0 Å². The molecule has 1 aromatic rings. The highest BCUT2D eigenvalue weighted by Crippen LogP contribution is 2.10. The average Bonchev–Trinajstić information content (AvgIpc) is 2.35. The molecule has 0 aliphatic heterocycles. The summed E-state index contributed by atoms with van der Waals surface area (Å²) in [6, 6.07) is 8.42. The zero-order valence-corrected chi connectivity index (χ0v) is 13.4. The number of benzene rings is 1. The molecule has 0 saturated carbocycles. The molecule has 0 heterocycles. The van der Waals surface area contributed by atoms with Crippen molar-refractivity contribution in [1.82, 2.24) is 5.32 Å². The number of hydrogen-bond acceptors (Lipinski definition) is 2. The highest BCUT2D eigenvalue weighted by Gasteiger charge is 1.93. The molecule has 1 rings (SSSR count). The van der Waals surface area contributed by atoms with Crippen molar-refractivity contribution in [2.24, 2.45) is 0 Å². The van der Waals surface area contributed by atoms with Gasteiger partial charge in [0.15, 0.2) is 0 Å². The third-order valence-corrected chi connectivity index (χ3v) is 3.06. The third-order valence-electron chi connectivity index (χ3n) is 2.53. The number of hydrogen-bond donors (Lipinski definition) is 1. The van der Waals surface area contributed by atoms with Crippen LogP contribution in [0.5, 0.6) is 0 Å². The van der Waals surface area contributed by atoms with Gasteiger partial charge in [0.05, 0.1) is 0 Å². The maximum Gasteiger partial charge on any atom is 0.0478 e. The van der Waals surface area contributed by atoms with Gasteiger partial charge in [-0.3, -0.25) is 0 Å². The van der Waals surface area contributed by atoms with Crippen LogP contribution in [0.15, 0.2) is 28.7 Å². The van der Waals surface area contributed by atoms with Crippen LogP contribution in [-0.2, 0) is 11.3 Å². The van der Waals surface area contributed by atoms with Gasteiger partial charge in [0, 0.05) is 24.2 Å². The highest BCUT2D eigenvalue weighted by atomic mass is 79.9. The van der Waals surface area contributed by atoms with Gasteiger partial charge in [-0.15, -0.1) is 12.4 Å². The molecule has 1 N–H and O–H groups in total. The summed E-state index contributed by atoms with van der Waals surface area (Å²) < 4.78 is 6.63. The topological polar surface area (TPSA) is 21.3 Å². The predicted molar refractivity (Wildman–Crippen MR) is 83.4 cm³/mol. The van der Waals surface area contributed by atoms with Crippen LogP contribution in [0, 0.1) is 0 Å².